The summed E-state index contributed by atoms with van der Waals surface area (Å²) in [6.45, 7) is 3.58. The third-order valence-electron chi connectivity index (χ3n) is 2.89. The smallest absolute Gasteiger partial charge is 0.340 e. The molecule has 2 aromatic rings. The molecule has 0 radical (unpaired) electrons. The predicted octanol–water partition coefficient (Wildman–Crippen LogP) is 4.76. The van der Waals surface area contributed by atoms with E-state index < -0.39 is 11.7 Å². The van der Waals surface area contributed by atoms with Crippen molar-refractivity contribution >= 4 is 23.1 Å². The van der Waals surface area contributed by atoms with Crippen molar-refractivity contribution in [3.8, 4) is 0 Å². The van der Waals surface area contributed by atoms with Crippen LogP contribution in [0.1, 0.15) is 23.9 Å². The van der Waals surface area contributed by atoms with Gasteiger partial charge in [-0.15, -0.1) is 0 Å². The average Bonchev–Trinajstić information content (AvgIpc) is 2.39. The first-order chi connectivity index (χ1) is 9.79. The van der Waals surface area contributed by atoms with Crippen LogP contribution in [0.25, 0.3) is 0 Å². The summed E-state index contributed by atoms with van der Waals surface area (Å²) < 4.78 is 38.2. The van der Waals surface area contributed by atoms with Crippen LogP contribution in [0.15, 0.2) is 24.3 Å². The van der Waals surface area contributed by atoms with Crippen molar-refractivity contribution in [3.63, 3.8) is 0 Å². The van der Waals surface area contributed by atoms with Gasteiger partial charge in [-0.05, 0) is 24.6 Å². The molecule has 0 aliphatic carbocycles. The van der Waals surface area contributed by atoms with Gasteiger partial charge in [0.2, 0.25) is 0 Å². The summed E-state index contributed by atoms with van der Waals surface area (Å²) in [5.41, 5.74) is 0.295. The van der Waals surface area contributed by atoms with Crippen molar-refractivity contribution < 1.29 is 13.2 Å². The van der Waals surface area contributed by atoms with Gasteiger partial charge < -0.3 is 5.32 Å². The van der Waals surface area contributed by atoms with E-state index in [-0.39, 0.29) is 5.15 Å². The number of hydrogen-bond acceptors (Lipinski definition) is 3. The predicted molar refractivity (Wildman–Crippen MR) is 75.9 cm³/mol. The summed E-state index contributed by atoms with van der Waals surface area (Å²) >= 11 is 5.87. The molecule has 0 spiro atoms. The van der Waals surface area contributed by atoms with Crippen LogP contribution in [0.2, 0.25) is 5.15 Å². The SMILES string of the molecule is CCc1nc(Cl)cc(Nc2cc(C(F)(F)F)ccc2C)n1. The highest BCUT2D eigenvalue weighted by atomic mass is 35.5. The van der Waals surface area contributed by atoms with E-state index in [0.29, 0.717) is 29.3 Å². The Balaban J connectivity index is 2.37. The number of aromatic nitrogens is 2. The summed E-state index contributed by atoms with van der Waals surface area (Å²) in [5, 5.41) is 3.11. The second-order valence-corrected chi connectivity index (χ2v) is 4.89. The molecule has 0 aliphatic heterocycles. The molecule has 2 rings (SSSR count). The van der Waals surface area contributed by atoms with Crippen LogP contribution in [0.3, 0.4) is 0 Å². The highest BCUT2D eigenvalue weighted by Crippen LogP contribution is 2.33. The first kappa shape index (κ1) is 15.6. The van der Waals surface area contributed by atoms with Crippen LogP contribution in [0.4, 0.5) is 24.7 Å². The third kappa shape index (κ3) is 3.85. The zero-order valence-electron chi connectivity index (χ0n) is 11.4. The number of anilines is 2. The minimum atomic E-state index is -4.39. The quantitative estimate of drug-likeness (QED) is 0.830. The van der Waals surface area contributed by atoms with E-state index in [2.05, 4.69) is 15.3 Å². The molecule has 1 aromatic carbocycles. The zero-order valence-corrected chi connectivity index (χ0v) is 12.2. The van der Waals surface area contributed by atoms with Crippen LogP contribution < -0.4 is 5.32 Å². The maximum absolute atomic E-state index is 12.7. The monoisotopic (exact) mass is 315 g/mol. The number of alkyl halides is 3. The minimum Gasteiger partial charge on any atom is -0.340 e. The second kappa shape index (κ2) is 5.89. The lowest BCUT2D eigenvalue weighted by atomic mass is 10.1. The summed E-state index contributed by atoms with van der Waals surface area (Å²) in [6.07, 6.45) is -3.81. The molecule has 0 amide bonds. The molecule has 21 heavy (non-hydrogen) atoms. The van der Waals surface area contributed by atoms with Crippen LogP contribution >= 0.6 is 11.6 Å². The van der Waals surface area contributed by atoms with Crippen molar-refractivity contribution in [3.05, 3.63) is 46.4 Å². The summed E-state index contributed by atoms with van der Waals surface area (Å²) in [7, 11) is 0. The van der Waals surface area contributed by atoms with Crippen LogP contribution in [-0.4, -0.2) is 9.97 Å². The van der Waals surface area contributed by atoms with Gasteiger partial charge in [0.25, 0.3) is 0 Å². The molecule has 0 fully saturated rings. The molecule has 0 saturated carbocycles. The fraction of sp³-hybridized carbons (Fsp3) is 0.286. The van der Waals surface area contributed by atoms with Gasteiger partial charge in [0, 0.05) is 18.2 Å². The number of halogens is 4. The molecule has 0 saturated heterocycles. The first-order valence-electron chi connectivity index (χ1n) is 6.28. The van der Waals surface area contributed by atoms with Crippen LogP contribution in [0.5, 0.6) is 0 Å². The third-order valence-corrected chi connectivity index (χ3v) is 3.08. The van der Waals surface area contributed by atoms with Gasteiger partial charge in [-0.1, -0.05) is 24.6 Å². The van der Waals surface area contributed by atoms with E-state index >= 15 is 0 Å². The van der Waals surface area contributed by atoms with Crippen molar-refractivity contribution in [1.29, 1.82) is 0 Å². The summed E-state index contributed by atoms with van der Waals surface area (Å²) in [4.78, 5) is 8.20. The lowest BCUT2D eigenvalue weighted by molar-refractivity contribution is -0.137. The highest BCUT2D eigenvalue weighted by molar-refractivity contribution is 6.29. The van der Waals surface area contributed by atoms with E-state index in [1.165, 1.54) is 12.1 Å². The second-order valence-electron chi connectivity index (χ2n) is 4.50. The van der Waals surface area contributed by atoms with Gasteiger partial charge in [-0.3, -0.25) is 0 Å². The van der Waals surface area contributed by atoms with E-state index in [4.69, 9.17) is 11.6 Å². The number of benzene rings is 1. The van der Waals surface area contributed by atoms with E-state index in [1.807, 2.05) is 6.92 Å². The molecule has 0 bridgehead atoms. The van der Waals surface area contributed by atoms with E-state index in [1.54, 1.807) is 6.92 Å². The molecule has 1 heterocycles. The van der Waals surface area contributed by atoms with Gasteiger partial charge >= 0.3 is 6.18 Å². The normalized spacial score (nSPS) is 11.5. The summed E-state index contributed by atoms with van der Waals surface area (Å²) in [5.74, 6) is 0.893. The first-order valence-corrected chi connectivity index (χ1v) is 6.65. The Kier molecular flexibility index (Phi) is 4.37. The van der Waals surface area contributed by atoms with E-state index in [0.717, 1.165) is 12.1 Å². The Labute approximate surface area is 125 Å². The Morgan fingerprint density at radius 1 is 1.19 bits per heavy atom. The van der Waals surface area contributed by atoms with Gasteiger partial charge in [0.15, 0.2) is 0 Å². The Bertz CT molecular complexity index is 656. The Hall–Kier alpha value is -1.82. The average molecular weight is 316 g/mol. The largest absolute Gasteiger partial charge is 0.416 e. The van der Waals surface area contributed by atoms with Crippen molar-refractivity contribution in [2.24, 2.45) is 0 Å². The van der Waals surface area contributed by atoms with Gasteiger partial charge in [0.05, 0.1) is 5.56 Å². The maximum atomic E-state index is 12.7. The van der Waals surface area contributed by atoms with Crippen molar-refractivity contribution in [2.45, 2.75) is 26.4 Å². The molecule has 3 nitrogen and oxygen atoms in total. The minimum absolute atomic E-state index is 0.244. The lowest BCUT2D eigenvalue weighted by Crippen LogP contribution is -2.07. The fourth-order valence-corrected chi connectivity index (χ4v) is 1.96. The topological polar surface area (TPSA) is 37.8 Å². The Morgan fingerprint density at radius 2 is 1.90 bits per heavy atom. The molecule has 112 valence electrons. The number of hydrogen-bond donors (Lipinski definition) is 1. The number of nitrogens with zero attached hydrogens (tertiary/aromatic N) is 2. The molecule has 0 atom stereocenters. The molecular weight excluding hydrogens is 303 g/mol. The van der Waals surface area contributed by atoms with Crippen LogP contribution in [0, 0.1) is 6.92 Å². The summed E-state index contributed by atoms with van der Waals surface area (Å²) in [6, 6.07) is 4.98. The molecule has 7 heteroatoms. The standard InChI is InChI=1S/C14H13ClF3N3/c1-3-12-20-11(15)7-13(21-12)19-10-6-9(14(16,17)18)5-4-8(10)2/h4-7H,3H2,1-2H3,(H,19,20,21). The van der Waals surface area contributed by atoms with Gasteiger partial charge in [0.1, 0.15) is 16.8 Å². The molecule has 1 N–H and O–H groups in total. The maximum Gasteiger partial charge on any atom is 0.416 e. The molecular formula is C14H13ClF3N3. The zero-order chi connectivity index (χ0) is 15.6. The van der Waals surface area contributed by atoms with Crippen molar-refractivity contribution in [1.82, 2.24) is 9.97 Å². The van der Waals surface area contributed by atoms with E-state index in [9.17, 15) is 13.2 Å². The van der Waals surface area contributed by atoms with Gasteiger partial charge in [-0.25, -0.2) is 9.97 Å². The lowest BCUT2D eigenvalue weighted by Gasteiger charge is -2.13. The van der Waals surface area contributed by atoms with Gasteiger partial charge in [-0.2, -0.15) is 13.2 Å². The van der Waals surface area contributed by atoms with Crippen molar-refractivity contribution in [2.75, 3.05) is 5.32 Å². The number of nitrogens with one attached hydrogen (secondary N) is 1. The Morgan fingerprint density at radius 3 is 2.52 bits per heavy atom. The highest BCUT2D eigenvalue weighted by Gasteiger charge is 2.30. The fourth-order valence-electron chi connectivity index (χ4n) is 1.76. The molecule has 1 aromatic heterocycles. The molecule has 0 aliphatic rings. The molecule has 0 unspecified atom stereocenters. The van der Waals surface area contributed by atoms with Crippen LogP contribution in [-0.2, 0) is 12.6 Å². The number of aryl methyl sites for hydroxylation is 2. The number of rotatable bonds is 3.